The zero-order valence-corrected chi connectivity index (χ0v) is 20.5. The lowest BCUT2D eigenvalue weighted by atomic mass is 9.96. The maximum atomic E-state index is 13.0. The molecule has 1 aromatic heterocycles. The van der Waals surface area contributed by atoms with E-state index in [9.17, 15) is 4.79 Å². The molecule has 0 spiro atoms. The van der Waals surface area contributed by atoms with E-state index in [0.717, 1.165) is 37.5 Å². The van der Waals surface area contributed by atoms with Crippen molar-refractivity contribution in [2.24, 2.45) is 0 Å². The molecule has 1 aliphatic heterocycles. The molecule has 1 fully saturated rings. The molecule has 0 saturated carbocycles. The second-order valence-corrected chi connectivity index (χ2v) is 8.99. The van der Waals surface area contributed by atoms with Crippen LogP contribution in [0.4, 0.5) is 0 Å². The number of oxazole rings is 1. The van der Waals surface area contributed by atoms with Crippen molar-refractivity contribution < 1.29 is 13.9 Å². The number of carbonyl (C=O) groups excluding carboxylic acids is 1. The van der Waals surface area contributed by atoms with Crippen molar-refractivity contribution in [1.29, 1.82) is 0 Å². The third-order valence-corrected chi connectivity index (χ3v) is 6.74. The Bertz CT molecular complexity index is 1210. The lowest BCUT2D eigenvalue weighted by molar-refractivity contribution is -0.133. The molecule has 6 nitrogen and oxygen atoms in total. The first-order chi connectivity index (χ1) is 17.7. The molecule has 36 heavy (non-hydrogen) atoms. The number of ether oxygens (including phenoxy) is 1. The van der Waals surface area contributed by atoms with Crippen molar-refractivity contribution in [3.8, 4) is 17.1 Å². The van der Waals surface area contributed by atoms with Gasteiger partial charge in [-0.3, -0.25) is 9.69 Å². The van der Waals surface area contributed by atoms with Gasteiger partial charge in [0.15, 0.2) is 11.7 Å². The molecular weight excluding hydrogens is 450 g/mol. The van der Waals surface area contributed by atoms with E-state index in [1.54, 1.807) is 13.3 Å². The van der Waals surface area contributed by atoms with E-state index in [0.29, 0.717) is 24.5 Å². The number of amides is 1. The topological polar surface area (TPSA) is 58.8 Å². The molecule has 5 rings (SSSR count). The van der Waals surface area contributed by atoms with Gasteiger partial charge in [-0.1, -0.05) is 60.7 Å². The van der Waals surface area contributed by atoms with Gasteiger partial charge in [-0.2, -0.15) is 0 Å². The van der Waals surface area contributed by atoms with Crippen LogP contribution in [0.3, 0.4) is 0 Å². The van der Waals surface area contributed by atoms with E-state index in [1.807, 2.05) is 29.2 Å². The van der Waals surface area contributed by atoms with E-state index in [4.69, 9.17) is 9.15 Å². The maximum absolute atomic E-state index is 13.0. The molecule has 6 heteroatoms. The summed E-state index contributed by atoms with van der Waals surface area (Å²) < 4.78 is 11.1. The predicted octanol–water partition coefficient (Wildman–Crippen LogP) is 5.22. The van der Waals surface area contributed by atoms with Crippen molar-refractivity contribution in [2.75, 3.05) is 33.3 Å². The zero-order chi connectivity index (χ0) is 24.7. The Balaban J connectivity index is 1.17. The largest absolute Gasteiger partial charge is 0.497 e. The molecule has 3 aromatic carbocycles. The molecule has 184 valence electrons. The Morgan fingerprint density at radius 2 is 1.50 bits per heavy atom. The lowest BCUT2D eigenvalue weighted by Crippen LogP contribution is -2.49. The summed E-state index contributed by atoms with van der Waals surface area (Å²) in [6, 6.07) is 29.1. The molecule has 0 bridgehead atoms. The Morgan fingerprint density at radius 1 is 0.889 bits per heavy atom. The number of nitrogens with zero attached hydrogens (tertiary/aromatic N) is 3. The second-order valence-electron chi connectivity index (χ2n) is 8.99. The highest BCUT2D eigenvalue weighted by Crippen LogP contribution is 2.29. The molecule has 0 N–H and O–H groups in total. The van der Waals surface area contributed by atoms with Crippen LogP contribution in [0.25, 0.3) is 11.3 Å². The van der Waals surface area contributed by atoms with Gasteiger partial charge in [-0.15, -0.1) is 0 Å². The highest BCUT2D eigenvalue weighted by Gasteiger charge is 2.28. The van der Waals surface area contributed by atoms with Gasteiger partial charge in [0.05, 0.1) is 19.3 Å². The van der Waals surface area contributed by atoms with Gasteiger partial charge in [0.2, 0.25) is 5.91 Å². The molecule has 2 heterocycles. The zero-order valence-electron chi connectivity index (χ0n) is 20.5. The van der Waals surface area contributed by atoms with Gasteiger partial charge >= 0.3 is 0 Å². The van der Waals surface area contributed by atoms with Gasteiger partial charge in [-0.05, 0) is 35.4 Å². The second kappa shape index (κ2) is 11.2. The van der Waals surface area contributed by atoms with E-state index in [-0.39, 0.29) is 11.9 Å². The molecule has 0 atom stereocenters. The average molecular weight is 482 g/mol. The molecular formula is C30H31N3O3. The first kappa shape index (κ1) is 23.8. The molecule has 1 saturated heterocycles. The summed E-state index contributed by atoms with van der Waals surface area (Å²) in [7, 11) is 1.64. The van der Waals surface area contributed by atoms with E-state index in [2.05, 4.69) is 70.5 Å². The highest BCUT2D eigenvalue weighted by atomic mass is 16.5. The van der Waals surface area contributed by atoms with Gasteiger partial charge in [0.25, 0.3) is 0 Å². The SMILES string of the molecule is COc1ccc(-c2cnc(CCC(=O)N3CCN(C(c4ccccc4)c4ccccc4)CC3)o2)cc1. The van der Waals surface area contributed by atoms with Crippen LogP contribution in [0.1, 0.15) is 29.5 Å². The summed E-state index contributed by atoms with van der Waals surface area (Å²) >= 11 is 0. The van der Waals surface area contributed by atoms with Crippen molar-refractivity contribution in [2.45, 2.75) is 18.9 Å². The van der Waals surface area contributed by atoms with Crippen LogP contribution in [0.5, 0.6) is 5.75 Å². The van der Waals surface area contributed by atoms with Crippen LogP contribution < -0.4 is 4.74 Å². The number of aromatic nitrogens is 1. The number of aryl methyl sites for hydroxylation is 1. The Kier molecular flexibility index (Phi) is 7.43. The van der Waals surface area contributed by atoms with Crippen LogP contribution in [0.2, 0.25) is 0 Å². The minimum absolute atomic E-state index is 0.148. The average Bonchev–Trinajstić information content (AvgIpc) is 3.43. The van der Waals surface area contributed by atoms with E-state index >= 15 is 0 Å². The number of rotatable bonds is 8. The van der Waals surface area contributed by atoms with Gasteiger partial charge in [-0.25, -0.2) is 4.98 Å². The quantitative estimate of drug-likeness (QED) is 0.346. The van der Waals surface area contributed by atoms with Crippen LogP contribution in [0.15, 0.2) is 95.5 Å². The first-order valence-electron chi connectivity index (χ1n) is 12.4. The van der Waals surface area contributed by atoms with Crippen LogP contribution in [0, 0.1) is 0 Å². The smallest absolute Gasteiger partial charge is 0.223 e. The minimum Gasteiger partial charge on any atom is -0.497 e. The lowest BCUT2D eigenvalue weighted by Gasteiger charge is -2.39. The van der Waals surface area contributed by atoms with E-state index in [1.165, 1.54) is 11.1 Å². The minimum atomic E-state index is 0.148. The Morgan fingerprint density at radius 3 is 2.08 bits per heavy atom. The van der Waals surface area contributed by atoms with Crippen LogP contribution in [-0.2, 0) is 11.2 Å². The third kappa shape index (κ3) is 5.50. The maximum Gasteiger partial charge on any atom is 0.223 e. The summed E-state index contributed by atoms with van der Waals surface area (Å²) in [6.45, 7) is 3.11. The number of hydrogen-bond acceptors (Lipinski definition) is 5. The van der Waals surface area contributed by atoms with Crippen molar-refractivity contribution in [1.82, 2.24) is 14.8 Å². The highest BCUT2D eigenvalue weighted by molar-refractivity contribution is 5.76. The Hall–Kier alpha value is -3.90. The summed E-state index contributed by atoms with van der Waals surface area (Å²) in [5, 5.41) is 0. The van der Waals surface area contributed by atoms with Crippen molar-refractivity contribution in [3.05, 3.63) is 108 Å². The molecule has 1 amide bonds. The van der Waals surface area contributed by atoms with Crippen LogP contribution >= 0.6 is 0 Å². The molecule has 1 aliphatic rings. The Labute approximate surface area is 212 Å². The first-order valence-corrected chi connectivity index (χ1v) is 12.4. The molecule has 0 radical (unpaired) electrons. The monoisotopic (exact) mass is 481 g/mol. The van der Waals surface area contributed by atoms with Gasteiger partial charge < -0.3 is 14.1 Å². The number of piperazine rings is 1. The van der Waals surface area contributed by atoms with Gasteiger partial charge in [0, 0.05) is 44.6 Å². The fraction of sp³-hybridized carbons (Fsp3) is 0.267. The summed E-state index contributed by atoms with van der Waals surface area (Å²) in [5.41, 5.74) is 3.49. The summed E-state index contributed by atoms with van der Waals surface area (Å²) in [6.07, 6.45) is 2.60. The molecule has 0 unspecified atom stereocenters. The normalized spacial score (nSPS) is 14.2. The third-order valence-electron chi connectivity index (χ3n) is 6.74. The number of methoxy groups -OCH3 is 1. The van der Waals surface area contributed by atoms with Crippen LogP contribution in [-0.4, -0.2) is 54.0 Å². The fourth-order valence-corrected chi connectivity index (χ4v) is 4.80. The number of carbonyl (C=O) groups is 1. The number of hydrogen-bond donors (Lipinski definition) is 0. The van der Waals surface area contributed by atoms with E-state index < -0.39 is 0 Å². The number of benzene rings is 3. The van der Waals surface area contributed by atoms with Crippen molar-refractivity contribution in [3.63, 3.8) is 0 Å². The summed E-state index contributed by atoms with van der Waals surface area (Å²) in [4.78, 5) is 21.8. The molecule has 0 aliphatic carbocycles. The standard InChI is InChI=1S/C30H31N3O3/c1-35-26-14-12-23(13-15-26)27-22-31-28(36-27)16-17-29(34)32-18-20-33(21-19-32)30(24-8-4-2-5-9-24)25-10-6-3-7-11-25/h2-15,22,30H,16-21H2,1H3. The van der Waals surface area contributed by atoms with Gasteiger partial charge in [0.1, 0.15) is 5.75 Å². The fourth-order valence-electron chi connectivity index (χ4n) is 4.80. The molecule has 4 aromatic rings. The summed E-state index contributed by atoms with van der Waals surface area (Å²) in [5.74, 6) is 2.22. The predicted molar refractivity (Wildman–Crippen MR) is 140 cm³/mol. The van der Waals surface area contributed by atoms with Crippen molar-refractivity contribution >= 4 is 5.91 Å².